The van der Waals surface area contributed by atoms with Gasteiger partial charge >= 0.3 is 6.03 Å². The SMILES string of the molecule is COc1cc(CNC2CCC3NC(=O)NC3C2)cc(Br)c1OCc1ccccc1F. The molecule has 30 heavy (non-hydrogen) atoms. The number of carbonyl (C=O) groups is 1. The van der Waals surface area contributed by atoms with Gasteiger partial charge in [-0.1, -0.05) is 18.2 Å². The summed E-state index contributed by atoms with van der Waals surface area (Å²) in [5, 5.41) is 9.54. The van der Waals surface area contributed by atoms with Crippen LogP contribution >= 0.6 is 15.9 Å². The Morgan fingerprint density at radius 2 is 2.00 bits per heavy atom. The van der Waals surface area contributed by atoms with Crippen molar-refractivity contribution in [2.75, 3.05) is 7.11 Å². The maximum Gasteiger partial charge on any atom is 0.315 e. The average Bonchev–Trinajstić information content (AvgIpc) is 3.11. The van der Waals surface area contributed by atoms with Gasteiger partial charge in [-0.15, -0.1) is 0 Å². The fourth-order valence-electron chi connectivity index (χ4n) is 4.11. The predicted molar refractivity (Wildman–Crippen MR) is 115 cm³/mol. The van der Waals surface area contributed by atoms with Crippen LogP contribution in [0.3, 0.4) is 0 Å². The first kappa shape index (κ1) is 20.9. The molecule has 2 aromatic rings. The number of halogens is 2. The molecule has 0 aromatic heterocycles. The molecule has 1 saturated heterocycles. The van der Waals surface area contributed by atoms with Crippen LogP contribution in [0.5, 0.6) is 11.5 Å². The summed E-state index contributed by atoms with van der Waals surface area (Å²) in [7, 11) is 1.59. The molecule has 2 fully saturated rings. The van der Waals surface area contributed by atoms with E-state index >= 15 is 0 Å². The highest BCUT2D eigenvalue weighted by atomic mass is 79.9. The van der Waals surface area contributed by atoms with Crippen molar-refractivity contribution in [3.8, 4) is 11.5 Å². The summed E-state index contributed by atoms with van der Waals surface area (Å²) < 4.78 is 26.0. The Labute approximate surface area is 183 Å². The second-order valence-electron chi connectivity index (χ2n) is 7.71. The topological polar surface area (TPSA) is 71.6 Å². The molecule has 2 aliphatic rings. The number of amides is 2. The number of urea groups is 1. The molecule has 2 amide bonds. The first-order valence-electron chi connectivity index (χ1n) is 10.1. The summed E-state index contributed by atoms with van der Waals surface area (Å²) in [5.41, 5.74) is 1.54. The molecule has 6 nitrogen and oxygen atoms in total. The summed E-state index contributed by atoms with van der Waals surface area (Å²) in [6.07, 6.45) is 2.90. The number of rotatable bonds is 7. The molecule has 1 heterocycles. The van der Waals surface area contributed by atoms with Crippen molar-refractivity contribution in [3.63, 3.8) is 0 Å². The Hall–Kier alpha value is -2.32. The van der Waals surface area contributed by atoms with Gasteiger partial charge < -0.3 is 25.4 Å². The molecule has 1 aliphatic carbocycles. The van der Waals surface area contributed by atoms with Gasteiger partial charge in [0, 0.05) is 18.2 Å². The number of nitrogens with one attached hydrogen (secondary N) is 3. The number of fused-ring (bicyclic) bond motifs is 1. The maximum atomic E-state index is 13.9. The second kappa shape index (κ2) is 9.22. The van der Waals surface area contributed by atoms with Gasteiger partial charge in [0.25, 0.3) is 0 Å². The molecular weight excluding hydrogens is 453 g/mol. The summed E-state index contributed by atoms with van der Waals surface area (Å²) in [4.78, 5) is 11.5. The third kappa shape index (κ3) is 4.70. The highest BCUT2D eigenvalue weighted by molar-refractivity contribution is 9.10. The smallest absolute Gasteiger partial charge is 0.315 e. The van der Waals surface area contributed by atoms with Gasteiger partial charge in [0.15, 0.2) is 11.5 Å². The molecule has 8 heteroatoms. The second-order valence-corrected chi connectivity index (χ2v) is 8.57. The predicted octanol–water partition coefficient (Wildman–Crippen LogP) is 3.87. The van der Waals surface area contributed by atoms with Crippen LogP contribution < -0.4 is 25.4 Å². The molecular formula is C22H25BrFN3O3. The highest BCUT2D eigenvalue weighted by Gasteiger charge is 2.36. The lowest BCUT2D eigenvalue weighted by Gasteiger charge is -2.31. The van der Waals surface area contributed by atoms with E-state index < -0.39 is 0 Å². The van der Waals surface area contributed by atoms with Crippen LogP contribution in [-0.2, 0) is 13.2 Å². The van der Waals surface area contributed by atoms with Crippen molar-refractivity contribution in [1.29, 1.82) is 0 Å². The zero-order valence-electron chi connectivity index (χ0n) is 16.7. The van der Waals surface area contributed by atoms with E-state index in [1.165, 1.54) is 6.07 Å². The van der Waals surface area contributed by atoms with E-state index in [1.807, 2.05) is 12.1 Å². The first-order chi connectivity index (χ1) is 14.5. The molecule has 1 aliphatic heterocycles. The summed E-state index contributed by atoms with van der Waals surface area (Å²) >= 11 is 3.56. The van der Waals surface area contributed by atoms with Gasteiger partial charge in [0.2, 0.25) is 0 Å². The van der Waals surface area contributed by atoms with Crippen molar-refractivity contribution in [1.82, 2.24) is 16.0 Å². The Balaban J connectivity index is 1.38. The van der Waals surface area contributed by atoms with Crippen LogP contribution in [0.2, 0.25) is 0 Å². The number of hydrogen-bond acceptors (Lipinski definition) is 4. The minimum absolute atomic E-state index is 0.0645. The summed E-state index contributed by atoms with van der Waals surface area (Å²) in [6.45, 7) is 0.787. The molecule has 0 bridgehead atoms. The average molecular weight is 478 g/mol. The lowest BCUT2D eigenvalue weighted by atomic mass is 9.88. The van der Waals surface area contributed by atoms with Crippen LogP contribution in [-0.4, -0.2) is 31.3 Å². The standard InChI is InChI=1S/C22H25BrFN3O3/c1-29-20-9-13(11-25-15-6-7-18-19(10-15)27-22(28)26-18)8-16(23)21(20)30-12-14-4-2-3-5-17(14)24/h2-5,8-9,15,18-19,25H,6-7,10-12H2,1H3,(H2,26,27,28). The Bertz CT molecular complexity index is 926. The van der Waals surface area contributed by atoms with Crippen LogP contribution in [0.25, 0.3) is 0 Å². The van der Waals surface area contributed by atoms with Gasteiger partial charge in [0.1, 0.15) is 12.4 Å². The van der Waals surface area contributed by atoms with E-state index in [4.69, 9.17) is 9.47 Å². The van der Waals surface area contributed by atoms with Gasteiger partial charge in [-0.05, 0) is 59.0 Å². The molecule has 1 saturated carbocycles. The van der Waals surface area contributed by atoms with E-state index in [2.05, 4.69) is 31.9 Å². The van der Waals surface area contributed by atoms with Crippen molar-refractivity contribution in [2.45, 2.75) is 50.5 Å². The molecule has 3 atom stereocenters. The molecule has 2 aromatic carbocycles. The van der Waals surface area contributed by atoms with Crippen LogP contribution in [0.1, 0.15) is 30.4 Å². The molecule has 160 valence electrons. The van der Waals surface area contributed by atoms with Gasteiger partial charge in [-0.2, -0.15) is 0 Å². The zero-order valence-corrected chi connectivity index (χ0v) is 18.3. The zero-order chi connectivity index (χ0) is 21.1. The Kier molecular flexibility index (Phi) is 6.43. The monoisotopic (exact) mass is 477 g/mol. The van der Waals surface area contributed by atoms with Gasteiger partial charge in [0.05, 0.1) is 23.7 Å². The van der Waals surface area contributed by atoms with Gasteiger partial charge in [-0.25, -0.2) is 9.18 Å². The summed E-state index contributed by atoms with van der Waals surface area (Å²) in [5.74, 6) is 0.843. The van der Waals surface area contributed by atoms with E-state index in [9.17, 15) is 9.18 Å². The first-order valence-corrected chi connectivity index (χ1v) is 10.9. The normalized spacial score (nSPS) is 22.8. The lowest BCUT2D eigenvalue weighted by Crippen LogP contribution is -2.46. The van der Waals surface area contributed by atoms with Crippen LogP contribution in [0, 0.1) is 5.82 Å². The largest absolute Gasteiger partial charge is 0.493 e. The Morgan fingerprint density at radius 3 is 2.80 bits per heavy atom. The maximum absolute atomic E-state index is 13.9. The highest BCUT2D eigenvalue weighted by Crippen LogP contribution is 2.37. The van der Waals surface area contributed by atoms with Crippen LogP contribution in [0.15, 0.2) is 40.9 Å². The van der Waals surface area contributed by atoms with E-state index in [-0.39, 0.29) is 30.5 Å². The quantitative estimate of drug-likeness (QED) is 0.565. The minimum atomic E-state index is -0.295. The van der Waals surface area contributed by atoms with E-state index in [0.29, 0.717) is 29.6 Å². The van der Waals surface area contributed by atoms with Crippen molar-refractivity contribution in [3.05, 3.63) is 57.8 Å². The molecule has 0 spiro atoms. The lowest BCUT2D eigenvalue weighted by molar-refractivity contribution is 0.247. The fourth-order valence-corrected chi connectivity index (χ4v) is 4.71. The van der Waals surface area contributed by atoms with Crippen molar-refractivity contribution >= 4 is 22.0 Å². The minimum Gasteiger partial charge on any atom is -0.493 e. The van der Waals surface area contributed by atoms with E-state index in [1.54, 1.807) is 25.3 Å². The summed E-state index contributed by atoms with van der Waals surface area (Å²) in [6, 6.07) is 11.2. The van der Waals surface area contributed by atoms with E-state index in [0.717, 1.165) is 29.3 Å². The number of hydrogen-bond donors (Lipinski definition) is 3. The van der Waals surface area contributed by atoms with Crippen molar-refractivity contribution < 1.29 is 18.7 Å². The number of carbonyl (C=O) groups excluding carboxylic acids is 1. The fraction of sp³-hybridized carbons (Fsp3) is 0.409. The molecule has 3 unspecified atom stereocenters. The molecule has 0 radical (unpaired) electrons. The molecule has 3 N–H and O–H groups in total. The molecule has 4 rings (SSSR count). The van der Waals surface area contributed by atoms with Gasteiger partial charge in [-0.3, -0.25) is 0 Å². The third-order valence-corrected chi connectivity index (χ3v) is 6.29. The third-order valence-electron chi connectivity index (χ3n) is 5.70. The number of methoxy groups -OCH3 is 1. The Morgan fingerprint density at radius 1 is 1.20 bits per heavy atom. The number of ether oxygens (including phenoxy) is 2. The van der Waals surface area contributed by atoms with Crippen molar-refractivity contribution in [2.24, 2.45) is 0 Å². The number of benzene rings is 2. The van der Waals surface area contributed by atoms with Crippen LogP contribution in [0.4, 0.5) is 9.18 Å².